The third-order valence-electron chi connectivity index (χ3n) is 4.71. The van der Waals surface area contributed by atoms with Crippen LogP contribution in [0, 0.1) is 5.82 Å². The molecule has 2 aromatic rings. The minimum Gasteiger partial charge on any atom is -0.459 e. The molecular formula is C20H24FN2O9P. The molecular weight excluding hydrogens is 462 g/mol. The van der Waals surface area contributed by atoms with Crippen LogP contribution in [0.5, 0.6) is 0 Å². The lowest BCUT2D eigenvalue weighted by Crippen LogP contribution is -2.34. The highest BCUT2D eigenvalue weighted by atomic mass is 31.2. The van der Waals surface area contributed by atoms with Gasteiger partial charge in [-0.25, -0.2) is 14.2 Å². The van der Waals surface area contributed by atoms with Crippen molar-refractivity contribution in [3.05, 3.63) is 68.2 Å². The fourth-order valence-corrected chi connectivity index (χ4v) is 3.91. The van der Waals surface area contributed by atoms with Crippen LogP contribution in [0.4, 0.5) is 4.39 Å². The van der Waals surface area contributed by atoms with Gasteiger partial charge in [-0.15, -0.1) is 0 Å². The molecule has 1 aromatic carbocycles. The van der Waals surface area contributed by atoms with Gasteiger partial charge in [0.05, 0.1) is 37.2 Å². The molecule has 33 heavy (non-hydrogen) atoms. The Kier molecular flexibility index (Phi) is 7.98. The Bertz CT molecular complexity index is 1160. The molecule has 0 radical (unpaired) electrons. The standard InChI is InChI=1S/C20H24FN2O9P/c1-12(2)31-19(25)15-6-4-3-5-13(15)10-29-33(27,28)30-11-14-7-8-17(32-14)23-9-16(21)18(24)22-20(23)26/h3-6,9,12,14,17H,7-8,10-11H2,1-2H3,(H,27,28)(H,22,24,26)/t14-,17+/m0/s1. The Balaban J connectivity index is 1.55. The van der Waals surface area contributed by atoms with E-state index < -0.39 is 43.2 Å². The van der Waals surface area contributed by atoms with Gasteiger partial charge in [-0.2, -0.15) is 4.39 Å². The van der Waals surface area contributed by atoms with Gasteiger partial charge < -0.3 is 14.4 Å². The zero-order valence-corrected chi connectivity index (χ0v) is 18.8. The summed E-state index contributed by atoms with van der Waals surface area (Å²) in [5, 5.41) is 0. The number of hydrogen-bond donors (Lipinski definition) is 2. The number of rotatable bonds is 9. The minimum absolute atomic E-state index is 0.201. The molecule has 180 valence electrons. The van der Waals surface area contributed by atoms with E-state index in [1.165, 1.54) is 6.07 Å². The van der Waals surface area contributed by atoms with Crippen LogP contribution in [0.1, 0.15) is 48.8 Å². The molecule has 1 unspecified atom stereocenters. The molecule has 1 aromatic heterocycles. The average Bonchev–Trinajstić information content (AvgIpc) is 3.22. The molecule has 3 atom stereocenters. The van der Waals surface area contributed by atoms with Crippen LogP contribution in [0.25, 0.3) is 0 Å². The minimum atomic E-state index is -4.51. The summed E-state index contributed by atoms with van der Waals surface area (Å²) in [5.41, 5.74) is -1.42. The van der Waals surface area contributed by atoms with E-state index in [9.17, 15) is 28.2 Å². The lowest BCUT2D eigenvalue weighted by molar-refractivity contribution is -0.0267. The molecule has 11 nitrogen and oxygen atoms in total. The van der Waals surface area contributed by atoms with Crippen molar-refractivity contribution in [2.75, 3.05) is 6.61 Å². The molecule has 1 fully saturated rings. The van der Waals surface area contributed by atoms with E-state index in [0.29, 0.717) is 18.4 Å². The van der Waals surface area contributed by atoms with E-state index in [-0.39, 0.29) is 24.9 Å². The largest absolute Gasteiger partial charge is 0.472 e. The normalized spacial score (nSPS) is 20.0. The van der Waals surface area contributed by atoms with Gasteiger partial charge in [0.2, 0.25) is 5.82 Å². The maximum Gasteiger partial charge on any atom is 0.472 e. The number of H-pyrrole nitrogens is 1. The fourth-order valence-electron chi connectivity index (χ4n) is 3.18. The van der Waals surface area contributed by atoms with Crippen molar-refractivity contribution in [2.45, 2.75) is 51.7 Å². The van der Waals surface area contributed by atoms with Gasteiger partial charge >= 0.3 is 19.5 Å². The summed E-state index contributed by atoms with van der Waals surface area (Å²) in [4.78, 5) is 47.0. The Morgan fingerprint density at radius 3 is 2.76 bits per heavy atom. The van der Waals surface area contributed by atoms with Gasteiger partial charge in [-0.3, -0.25) is 23.4 Å². The van der Waals surface area contributed by atoms with E-state index in [2.05, 4.69) is 0 Å². The van der Waals surface area contributed by atoms with Crippen molar-refractivity contribution in [3.63, 3.8) is 0 Å². The number of halogens is 1. The summed E-state index contributed by atoms with van der Waals surface area (Å²) >= 11 is 0. The second kappa shape index (κ2) is 10.5. The van der Waals surface area contributed by atoms with Crippen LogP contribution in [0.2, 0.25) is 0 Å². The first-order valence-electron chi connectivity index (χ1n) is 10.1. The first-order chi connectivity index (χ1) is 15.6. The molecule has 0 saturated carbocycles. The van der Waals surface area contributed by atoms with Crippen LogP contribution in [0.15, 0.2) is 40.1 Å². The van der Waals surface area contributed by atoms with E-state index in [1.807, 2.05) is 4.98 Å². The van der Waals surface area contributed by atoms with Crippen molar-refractivity contribution in [3.8, 4) is 0 Å². The number of aromatic amines is 1. The number of carbonyl (C=O) groups excluding carboxylic acids is 1. The summed E-state index contributed by atoms with van der Waals surface area (Å²) in [6.07, 6.45) is -0.484. The van der Waals surface area contributed by atoms with Crippen LogP contribution >= 0.6 is 7.82 Å². The Morgan fingerprint density at radius 2 is 2.03 bits per heavy atom. The first kappa shape index (κ1) is 25.0. The lowest BCUT2D eigenvalue weighted by Gasteiger charge is -2.18. The second-order valence-corrected chi connectivity index (χ2v) is 9.04. The van der Waals surface area contributed by atoms with Crippen LogP contribution < -0.4 is 11.2 Å². The Hall–Kier alpha value is -2.63. The topological polar surface area (TPSA) is 146 Å². The lowest BCUT2D eigenvalue weighted by atomic mass is 10.1. The van der Waals surface area contributed by atoms with Crippen molar-refractivity contribution < 1.29 is 37.2 Å². The average molecular weight is 486 g/mol. The van der Waals surface area contributed by atoms with Crippen LogP contribution in [0.3, 0.4) is 0 Å². The summed E-state index contributed by atoms with van der Waals surface area (Å²) < 4.78 is 47.4. The van der Waals surface area contributed by atoms with Gasteiger partial charge in [0.1, 0.15) is 6.23 Å². The maximum absolute atomic E-state index is 13.5. The highest BCUT2D eigenvalue weighted by molar-refractivity contribution is 7.47. The highest BCUT2D eigenvalue weighted by Gasteiger charge is 2.31. The molecule has 3 rings (SSSR count). The second-order valence-electron chi connectivity index (χ2n) is 7.58. The number of nitrogens with zero attached hydrogens (tertiary/aromatic N) is 1. The molecule has 1 saturated heterocycles. The van der Waals surface area contributed by atoms with E-state index in [0.717, 1.165) is 10.8 Å². The summed E-state index contributed by atoms with van der Waals surface area (Å²) in [7, 11) is -4.51. The fraction of sp³-hybridized carbons (Fsp3) is 0.450. The van der Waals surface area contributed by atoms with Crippen molar-refractivity contribution >= 4 is 13.8 Å². The zero-order chi connectivity index (χ0) is 24.2. The van der Waals surface area contributed by atoms with Crippen molar-refractivity contribution in [1.82, 2.24) is 9.55 Å². The number of ether oxygens (including phenoxy) is 2. The molecule has 2 heterocycles. The SMILES string of the molecule is CC(C)OC(=O)c1ccccc1COP(=O)(O)OC[C@@H]1CC[C@H](n2cc(F)c(=O)[nH]c2=O)O1. The van der Waals surface area contributed by atoms with Gasteiger partial charge in [0.15, 0.2) is 0 Å². The molecule has 13 heteroatoms. The van der Waals surface area contributed by atoms with E-state index in [4.69, 9.17) is 18.5 Å². The van der Waals surface area contributed by atoms with E-state index in [1.54, 1.807) is 32.0 Å². The summed E-state index contributed by atoms with van der Waals surface area (Å²) in [6, 6.07) is 6.34. The van der Waals surface area contributed by atoms with Gasteiger partial charge in [0.25, 0.3) is 5.56 Å². The number of nitrogens with one attached hydrogen (secondary N) is 1. The van der Waals surface area contributed by atoms with E-state index >= 15 is 0 Å². The number of aromatic nitrogens is 2. The maximum atomic E-state index is 13.5. The summed E-state index contributed by atoms with van der Waals surface area (Å²) in [6.45, 7) is 2.69. The smallest absolute Gasteiger partial charge is 0.459 e. The predicted octanol–water partition coefficient (Wildman–Crippen LogP) is 2.25. The van der Waals surface area contributed by atoms with Gasteiger partial charge in [0, 0.05) is 0 Å². The Morgan fingerprint density at radius 1 is 1.30 bits per heavy atom. The molecule has 0 bridgehead atoms. The third-order valence-corrected chi connectivity index (χ3v) is 5.64. The van der Waals surface area contributed by atoms with Crippen LogP contribution in [-0.4, -0.2) is 39.2 Å². The Labute approximate surface area is 187 Å². The van der Waals surface area contributed by atoms with Gasteiger partial charge in [-0.05, 0) is 38.3 Å². The number of benzene rings is 1. The quantitative estimate of drug-likeness (QED) is 0.402. The number of esters is 1. The molecule has 2 N–H and O–H groups in total. The first-order valence-corrected chi connectivity index (χ1v) is 11.6. The summed E-state index contributed by atoms with van der Waals surface area (Å²) in [5.74, 6) is -1.72. The molecule has 1 aliphatic heterocycles. The molecule has 0 spiro atoms. The zero-order valence-electron chi connectivity index (χ0n) is 17.9. The van der Waals surface area contributed by atoms with Crippen molar-refractivity contribution in [1.29, 1.82) is 0 Å². The molecule has 1 aliphatic rings. The number of hydrogen-bond acceptors (Lipinski definition) is 8. The number of phosphoric ester groups is 1. The monoisotopic (exact) mass is 486 g/mol. The molecule has 0 amide bonds. The predicted molar refractivity (Wildman–Crippen MR) is 112 cm³/mol. The third kappa shape index (κ3) is 6.68. The molecule has 0 aliphatic carbocycles. The van der Waals surface area contributed by atoms with Crippen LogP contribution in [-0.2, 0) is 29.7 Å². The number of carbonyl (C=O) groups is 1. The van der Waals surface area contributed by atoms with Crippen molar-refractivity contribution in [2.24, 2.45) is 0 Å². The van der Waals surface area contributed by atoms with Gasteiger partial charge in [-0.1, -0.05) is 18.2 Å². The highest BCUT2D eigenvalue weighted by Crippen LogP contribution is 2.45. The number of phosphoric acid groups is 1.